The van der Waals surface area contributed by atoms with Crippen LogP contribution in [0.4, 0.5) is 0 Å². The molecule has 2 fully saturated rings. The molecule has 0 amide bonds. The Labute approximate surface area is 122 Å². The predicted molar refractivity (Wildman–Crippen MR) is 79.1 cm³/mol. The molecule has 118 valence electrons. The summed E-state index contributed by atoms with van der Waals surface area (Å²) in [6.07, 6.45) is 0.333. The van der Waals surface area contributed by atoms with Gasteiger partial charge < -0.3 is 19.5 Å². The van der Waals surface area contributed by atoms with Crippen molar-refractivity contribution in [3.8, 4) is 0 Å². The van der Waals surface area contributed by atoms with Crippen molar-refractivity contribution in [1.82, 2.24) is 10.2 Å². The Morgan fingerprint density at radius 1 is 1.30 bits per heavy atom. The summed E-state index contributed by atoms with van der Waals surface area (Å²) in [5.41, 5.74) is -0.0952. The maximum atomic E-state index is 5.98. The quantitative estimate of drug-likeness (QED) is 0.813. The van der Waals surface area contributed by atoms with Crippen LogP contribution in [0.5, 0.6) is 0 Å². The fourth-order valence-corrected chi connectivity index (χ4v) is 2.80. The molecule has 0 aromatic heterocycles. The molecule has 0 saturated carbocycles. The Kier molecular flexibility index (Phi) is 5.81. The van der Waals surface area contributed by atoms with Gasteiger partial charge in [0.1, 0.15) is 0 Å². The van der Waals surface area contributed by atoms with Crippen LogP contribution in [-0.2, 0) is 14.2 Å². The van der Waals surface area contributed by atoms with Crippen LogP contribution >= 0.6 is 0 Å². The molecule has 2 aliphatic rings. The van der Waals surface area contributed by atoms with Crippen LogP contribution in [0.15, 0.2) is 0 Å². The normalized spacial score (nSPS) is 31.6. The average Bonchev–Trinajstić information content (AvgIpc) is 2.38. The van der Waals surface area contributed by atoms with Gasteiger partial charge in [0.25, 0.3) is 0 Å². The van der Waals surface area contributed by atoms with Gasteiger partial charge in [0, 0.05) is 32.2 Å². The van der Waals surface area contributed by atoms with Gasteiger partial charge in [-0.2, -0.15) is 0 Å². The Balaban J connectivity index is 1.65. The molecule has 0 bridgehead atoms. The van der Waals surface area contributed by atoms with Crippen LogP contribution in [0.3, 0.4) is 0 Å². The third kappa shape index (κ3) is 4.97. The third-order valence-corrected chi connectivity index (χ3v) is 3.92. The summed E-state index contributed by atoms with van der Waals surface area (Å²) < 4.78 is 17.6. The van der Waals surface area contributed by atoms with Gasteiger partial charge in [-0.3, -0.25) is 4.90 Å². The predicted octanol–water partition coefficient (Wildman–Crippen LogP) is 0.879. The zero-order chi connectivity index (χ0) is 14.6. The van der Waals surface area contributed by atoms with Crippen molar-refractivity contribution in [2.45, 2.75) is 51.5 Å². The first-order chi connectivity index (χ1) is 9.46. The van der Waals surface area contributed by atoms with Gasteiger partial charge in [-0.05, 0) is 27.7 Å². The van der Waals surface area contributed by atoms with Gasteiger partial charge in [0.2, 0.25) is 0 Å². The Morgan fingerprint density at radius 3 is 2.75 bits per heavy atom. The van der Waals surface area contributed by atoms with Crippen molar-refractivity contribution >= 4 is 0 Å². The van der Waals surface area contributed by atoms with Crippen molar-refractivity contribution in [2.75, 3.05) is 46.0 Å². The Morgan fingerprint density at radius 2 is 2.05 bits per heavy atom. The molecule has 2 atom stereocenters. The van der Waals surface area contributed by atoms with E-state index < -0.39 is 0 Å². The van der Waals surface area contributed by atoms with Crippen LogP contribution in [0.25, 0.3) is 0 Å². The lowest BCUT2D eigenvalue weighted by atomic mass is 10.1. The fraction of sp³-hybridized carbons (Fsp3) is 1.00. The first-order valence-corrected chi connectivity index (χ1v) is 7.78. The number of morpholine rings is 2. The van der Waals surface area contributed by atoms with Crippen LogP contribution in [0, 0.1) is 0 Å². The minimum Gasteiger partial charge on any atom is -0.376 e. The standard InChI is InChI=1S/C15H30N2O3/c1-12(2)17-5-6-19-14(8-17)10-18-9-13-7-16-11-15(3,4)20-13/h12-14,16H,5-11H2,1-4H3. The summed E-state index contributed by atoms with van der Waals surface area (Å²) in [6, 6.07) is 0.577. The minimum absolute atomic E-state index is 0.0952. The van der Waals surface area contributed by atoms with E-state index in [0.717, 1.165) is 32.8 Å². The highest BCUT2D eigenvalue weighted by molar-refractivity contribution is 4.81. The molecule has 2 saturated heterocycles. The topological polar surface area (TPSA) is 43.0 Å². The lowest BCUT2D eigenvalue weighted by molar-refractivity contribution is -0.134. The molecule has 1 N–H and O–H groups in total. The lowest BCUT2D eigenvalue weighted by Gasteiger charge is -2.37. The highest BCUT2D eigenvalue weighted by Crippen LogP contribution is 2.16. The van der Waals surface area contributed by atoms with Gasteiger partial charge >= 0.3 is 0 Å². The number of hydrogen-bond donors (Lipinski definition) is 1. The molecular formula is C15H30N2O3. The Bertz CT molecular complexity index is 297. The second-order valence-corrected chi connectivity index (χ2v) is 6.75. The van der Waals surface area contributed by atoms with Crippen molar-refractivity contribution in [1.29, 1.82) is 0 Å². The molecule has 0 aliphatic carbocycles. The highest BCUT2D eigenvalue weighted by atomic mass is 16.6. The van der Waals surface area contributed by atoms with Gasteiger partial charge in [0.05, 0.1) is 37.6 Å². The highest BCUT2D eigenvalue weighted by Gasteiger charge is 2.29. The molecule has 5 nitrogen and oxygen atoms in total. The molecule has 0 spiro atoms. The molecule has 2 aliphatic heterocycles. The summed E-state index contributed by atoms with van der Waals surface area (Å²) in [5.74, 6) is 0. The average molecular weight is 286 g/mol. The van der Waals surface area contributed by atoms with E-state index in [2.05, 4.69) is 37.9 Å². The molecule has 0 aromatic carbocycles. The molecule has 5 heteroatoms. The van der Waals surface area contributed by atoms with E-state index in [9.17, 15) is 0 Å². The van der Waals surface area contributed by atoms with Gasteiger partial charge in [-0.25, -0.2) is 0 Å². The first-order valence-electron chi connectivity index (χ1n) is 7.78. The molecule has 0 aromatic rings. The minimum atomic E-state index is -0.0952. The second kappa shape index (κ2) is 7.18. The largest absolute Gasteiger partial charge is 0.376 e. The number of nitrogens with zero attached hydrogens (tertiary/aromatic N) is 1. The number of rotatable bonds is 5. The van der Waals surface area contributed by atoms with Crippen molar-refractivity contribution in [3.63, 3.8) is 0 Å². The van der Waals surface area contributed by atoms with Gasteiger partial charge in [-0.1, -0.05) is 0 Å². The molecule has 2 heterocycles. The molecule has 20 heavy (non-hydrogen) atoms. The summed E-state index contributed by atoms with van der Waals surface area (Å²) in [7, 11) is 0. The van der Waals surface area contributed by atoms with E-state index in [0.29, 0.717) is 19.3 Å². The van der Waals surface area contributed by atoms with Crippen LogP contribution in [0.2, 0.25) is 0 Å². The van der Waals surface area contributed by atoms with Crippen molar-refractivity contribution in [3.05, 3.63) is 0 Å². The summed E-state index contributed by atoms with van der Waals surface area (Å²) in [6.45, 7) is 14.5. The summed E-state index contributed by atoms with van der Waals surface area (Å²) >= 11 is 0. The second-order valence-electron chi connectivity index (χ2n) is 6.75. The molecular weight excluding hydrogens is 256 g/mol. The van der Waals surface area contributed by atoms with Crippen LogP contribution in [-0.4, -0.2) is 74.8 Å². The fourth-order valence-electron chi connectivity index (χ4n) is 2.80. The van der Waals surface area contributed by atoms with E-state index in [-0.39, 0.29) is 17.8 Å². The van der Waals surface area contributed by atoms with E-state index in [1.807, 2.05) is 0 Å². The van der Waals surface area contributed by atoms with Gasteiger partial charge in [-0.15, -0.1) is 0 Å². The summed E-state index contributed by atoms with van der Waals surface area (Å²) in [5, 5.41) is 3.39. The SMILES string of the molecule is CC(C)N1CCOC(COCC2CNCC(C)(C)O2)C1. The van der Waals surface area contributed by atoms with Gasteiger partial charge in [0.15, 0.2) is 0 Å². The smallest absolute Gasteiger partial charge is 0.0940 e. The first kappa shape index (κ1) is 16.2. The zero-order valence-corrected chi connectivity index (χ0v) is 13.4. The summed E-state index contributed by atoms with van der Waals surface area (Å²) in [4.78, 5) is 2.44. The molecule has 2 unspecified atom stereocenters. The third-order valence-electron chi connectivity index (χ3n) is 3.92. The Hall–Kier alpha value is -0.200. The van der Waals surface area contributed by atoms with Crippen molar-refractivity contribution in [2.24, 2.45) is 0 Å². The number of ether oxygens (including phenoxy) is 3. The maximum Gasteiger partial charge on any atom is 0.0940 e. The van der Waals surface area contributed by atoms with E-state index in [1.165, 1.54) is 0 Å². The molecule has 0 radical (unpaired) electrons. The number of hydrogen-bond acceptors (Lipinski definition) is 5. The maximum absolute atomic E-state index is 5.98. The van der Waals surface area contributed by atoms with Crippen LogP contribution < -0.4 is 5.32 Å². The van der Waals surface area contributed by atoms with E-state index >= 15 is 0 Å². The lowest BCUT2D eigenvalue weighted by Crippen LogP contribution is -2.52. The molecule has 2 rings (SSSR count). The van der Waals surface area contributed by atoms with E-state index in [1.54, 1.807) is 0 Å². The van der Waals surface area contributed by atoms with Crippen molar-refractivity contribution < 1.29 is 14.2 Å². The monoisotopic (exact) mass is 286 g/mol. The van der Waals surface area contributed by atoms with E-state index in [4.69, 9.17) is 14.2 Å². The zero-order valence-electron chi connectivity index (χ0n) is 13.4. The number of nitrogens with one attached hydrogen (secondary N) is 1. The van der Waals surface area contributed by atoms with Crippen LogP contribution in [0.1, 0.15) is 27.7 Å².